The summed E-state index contributed by atoms with van der Waals surface area (Å²) in [6, 6.07) is 0. The number of fused-ring (bicyclic) bond motifs is 1. The van der Waals surface area contributed by atoms with Gasteiger partial charge in [0.2, 0.25) is 0 Å². The molecule has 2 aliphatic carbocycles. The van der Waals surface area contributed by atoms with Crippen LogP contribution in [0.15, 0.2) is 12.2 Å². The van der Waals surface area contributed by atoms with Crippen molar-refractivity contribution in [3.05, 3.63) is 12.2 Å². The van der Waals surface area contributed by atoms with Crippen molar-refractivity contribution < 1.29 is 0 Å². The molecule has 0 nitrogen and oxygen atoms in total. The minimum atomic E-state index is 0.791. The van der Waals surface area contributed by atoms with Gasteiger partial charge in [-0.25, -0.2) is 0 Å². The minimum absolute atomic E-state index is 0.791. The van der Waals surface area contributed by atoms with Crippen molar-refractivity contribution in [1.82, 2.24) is 0 Å². The van der Waals surface area contributed by atoms with Gasteiger partial charge in [-0.05, 0) is 37.5 Å². The number of allylic oxidation sites excluding steroid dienone is 1. The Morgan fingerprint density at radius 3 is 2.40 bits per heavy atom. The standard InChI is InChI=1S/C9H13I/c1-6-8-4-2-7(8)3-5-9(6)10/h7-9H,1-5H2. The number of halogens is 1. The molecule has 3 atom stereocenters. The molecular formula is C9H13I. The molecule has 2 aliphatic rings. The Morgan fingerprint density at radius 2 is 1.90 bits per heavy atom. The van der Waals surface area contributed by atoms with Crippen LogP contribution in [0.3, 0.4) is 0 Å². The summed E-state index contributed by atoms with van der Waals surface area (Å²) in [5, 5.41) is 0. The molecule has 0 aliphatic heterocycles. The molecule has 2 fully saturated rings. The highest BCUT2D eigenvalue weighted by atomic mass is 127. The molecule has 0 amide bonds. The fourth-order valence-electron chi connectivity index (χ4n) is 2.18. The van der Waals surface area contributed by atoms with E-state index in [1.165, 1.54) is 25.7 Å². The minimum Gasteiger partial charge on any atom is -0.0985 e. The van der Waals surface area contributed by atoms with E-state index in [0.29, 0.717) is 0 Å². The number of rotatable bonds is 0. The lowest BCUT2D eigenvalue weighted by atomic mass is 9.64. The molecule has 0 bridgehead atoms. The third kappa shape index (κ3) is 0.936. The van der Waals surface area contributed by atoms with Crippen LogP contribution in [0.2, 0.25) is 0 Å². The summed E-state index contributed by atoms with van der Waals surface area (Å²) in [7, 11) is 0. The second-order valence-electron chi connectivity index (χ2n) is 3.56. The zero-order valence-electron chi connectivity index (χ0n) is 6.15. The van der Waals surface area contributed by atoms with Crippen LogP contribution in [0.5, 0.6) is 0 Å². The summed E-state index contributed by atoms with van der Waals surface area (Å²) in [5.41, 5.74) is 1.54. The predicted molar refractivity (Wildman–Crippen MR) is 52.4 cm³/mol. The first-order valence-electron chi connectivity index (χ1n) is 4.12. The van der Waals surface area contributed by atoms with E-state index in [0.717, 1.165) is 15.8 Å². The third-order valence-corrected chi connectivity index (χ3v) is 4.51. The maximum atomic E-state index is 4.17. The smallest absolute Gasteiger partial charge is 0.0319 e. The highest BCUT2D eigenvalue weighted by Gasteiger charge is 2.38. The number of hydrogen-bond donors (Lipinski definition) is 0. The van der Waals surface area contributed by atoms with Gasteiger partial charge in [0.15, 0.2) is 0 Å². The Kier molecular flexibility index (Phi) is 1.79. The lowest BCUT2D eigenvalue weighted by Crippen LogP contribution is -2.34. The van der Waals surface area contributed by atoms with E-state index in [1.54, 1.807) is 5.57 Å². The number of alkyl halides is 1. The Labute approximate surface area is 76.2 Å². The van der Waals surface area contributed by atoms with Crippen LogP contribution in [0.25, 0.3) is 0 Å². The Morgan fingerprint density at radius 1 is 1.20 bits per heavy atom. The van der Waals surface area contributed by atoms with Gasteiger partial charge in [-0.2, -0.15) is 0 Å². The highest BCUT2D eigenvalue weighted by Crippen LogP contribution is 2.49. The summed E-state index contributed by atoms with van der Waals surface area (Å²) in [6.07, 6.45) is 5.77. The van der Waals surface area contributed by atoms with Crippen molar-refractivity contribution in [3.63, 3.8) is 0 Å². The van der Waals surface area contributed by atoms with Crippen molar-refractivity contribution in [2.24, 2.45) is 11.8 Å². The van der Waals surface area contributed by atoms with Crippen LogP contribution in [0.4, 0.5) is 0 Å². The van der Waals surface area contributed by atoms with Gasteiger partial charge >= 0.3 is 0 Å². The van der Waals surface area contributed by atoms with E-state index >= 15 is 0 Å². The molecule has 0 aromatic carbocycles. The first-order valence-corrected chi connectivity index (χ1v) is 5.36. The largest absolute Gasteiger partial charge is 0.0985 e. The number of hydrogen-bond acceptors (Lipinski definition) is 0. The third-order valence-electron chi connectivity index (χ3n) is 3.09. The SMILES string of the molecule is C=C1C(I)CCC2CCC12. The summed E-state index contributed by atoms with van der Waals surface area (Å²) in [5.74, 6) is 1.97. The monoisotopic (exact) mass is 248 g/mol. The average Bonchev–Trinajstić information content (AvgIpc) is 1.82. The summed E-state index contributed by atoms with van der Waals surface area (Å²) in [6.45, 7) is 4.17. The summed E-state index contributed by atoms with van der Waals surface area (Å²) >= 11 is 2.54. The fraction of sp³-hybridized carbons (Fsp3) is 0.778. The van der Waals surface area contributed by atoms with E-state index in [9.17, 15) is 0 Å². The molecule has 56 valence electrons. The van der Waals surface area contributed by atoms with Gasteiger partial charge in [-0.1, -0.05) is 34.7 Å². The van der Waals surface area contributed by atoms with Gasteiger partial charge in [0.05, 0.1) is 0 Å². The molecule has 10 heavy (non-hydrogen) atoms. The first kappa shape index (κ1) is 7.14. The van der Waals surface area contributed by atoms with Crippen molar-refractivity contribution in [1.29, 1.82) is 0 Å². The van der Waals surface area contributed by atoms with Crippen molar-refractivity contribution in [2.75, 3.05) is 0 Å². The molecule has 3 unspecified atom stereocenters. The van der Waals surface area contributed by atoms with Gasteiger partial charge in [0, 0.05) is 3.92 Å². The quantitative estimate of drug-likeness (QED) is 0.351. The maximum absolute atomic E-state index is 4.17. The Hall–Kier alpha value is 0.470. The normalized spacial score (nSPS) is 46.1. The fourth-order valence-corrected chi connectivity index (χ4v) is 3.00. The van der Waals surface area contributed by atoms with Crippen LogP contribution in [-0.2, 0) is 0 Å². The first-order chi connectivity index (χ1) is 4.79. The second-order valence-corrected chi connectivity index (χ2v) is 5.07. The molecule has 0 saturated heterocycles. The Balaban J connectivity index is 2.08. The highest BCUT2D eigenvalue weighted by molar-refractivity contribution is 14.1. The van der Waals surface area contributed by atoms with Crippen molar-refractivity contribution >= 4 is 22.6 Å². The average molecular weight is 248 g/mol. The molecular weight excluding hydrogens is 235 g/mol. The van der Waals surface area contributed by atoms with E-state index < -0.39 is 0 Å². The molecule has 0 aromatic rings. The molecule has 2 rings (SSSR count). The molecule has 2 saturated carbocycles. The molecule has 0 spiro atoms. The second kappa shape index (κ2) is 2.50. The molecule has 0 aromatic heterocycles. The molecule has 0 heterocycles. The van der Waals surface area contributed by atoms with Crippen LogP contribution < -0.4 is 0 Å². The Bertz CT molecular complexity index is 162. The zero-order chi connectivity index (χ0) is 7.14. The van der Waals surface area contributed by atoms with Gasteiger partial charge in [-0.15, -0.1) is 0 Å². The summed E-state index contributed by atoms with van der Waals surface area (Å²) in [4.78, 5) is 0. The van der Waals surface area contributed by atoms with Gasteiger partial charge in [0.1, 0.15) is 0 Å². The van der Waals surface area contributed by atoms with Gasteiger partial charge in [0.25, 0.3) is 0 Å². The molecule has 0 radical (unpaired) electrons. The lowest BCUT2D eigenvalue weighted by molar-refractivity contribution is 0.173. The van der Waals surface area contributed by atoms with Crippen molar-refractivity contribution in [2.45, 2.75) is 29.6 Å². The lowest BCUT2D eigenvalue weighted by Gasteiger charge is -2.44. The predicted octanol–water partition coefficient (Wildman–Crippen LogP) is 3.17. The van der Waals surface area contributed by atoms with Crippen LogP contribution >= 0.6 is 22.6 Å². The maximum Gasteiger partial charge on any atom is 0.0319 e. The van der Waals surface area contributed by atoms with Crippen LogP contribution in [0.1, 0.15) is 25.7 Å². The topological polar surface area (TPSA) is 0 Å². The van der Waals surface area contributed by atoms with Crippen LogP contribution in [-0.4, -0.2) is 3.92 Å². The van der Waals surface area contributed by atoms with E-state index in [1.807, 2.05) is 0 Å². The van der Waals surface area contributed by atoms with Gasteiger partial charge < -0.3 is 0 Å². The van der Waals surface area contributed by atoms with Gasteiger partial charge in [-0.3, -0.25) is 0 Å². The molecule has 0 N–H and O–H groups in total. The van der Waals surface area contributed by atoms with E-state index in [2.05, 4.69) is 29.2 Å². The van der Waals surface area contributed by atoms with Crippen molar-refractivity contribution in [3.8, 4) is 0 Å². The summed E-state index contributed by atoms with van der Waals surface area (Å²) < 4.78 is 0.791. The van der Waals surface area contributed by atoms with E-state index in [4.69, 9.17) is 0 Å². The molecule has 1 heteroatoms. The zero-order valence-corrected chi connectivity index (χ0v) is 8.30. The van der Waals surface area contributed by atoms with E-state index in [-0.39, 0.29) is 0 Å². The van der Waals surface area contributed by atoms with Crippen LogP contribution in [0, 0.1) is 11.8 Å².